The summed E-state index contributed by atoms with van der Waals surface area (Å²) in [7, 11) is 0. The van der Waals surface area contributed by atoms with Gasteiger partial charge in [0.2, 0.25) is 0 Å². The summed E-state index contributed by atoms with van der Waals surface area (Å²) in [6, 6.07) is 22.2. The number of nitrogens with zero attached hydrogens (tertiary/aromatic N) is 5. The molecule has 0 bridgehead atoms. The molecule has 33 heavy (non-hydrogen) atoms. The highest BCUT2D eigenvalue weighted by molar-refractivity contribution is 6.07. The smallest absolute Gasteiger partial charge is 0.269 e. The van der Waals surface area contributed by atoms with E-state index in [0.717, 1.165) is 50.1 Å². The van der Waals surface area contributed by atoms with E-state index in [1.807, 2.05) is 62.4 Å². The summed E-state index contributed by atoms with van der Waals surface area (Å²) < 4.78 is 1.76. The molecule has 1 N–H and O–H groups in total. The van der Waals surface area contributed by atoms with Crippen LogP contribution in [0.25, 0.3) is 27.5 Å². The van der Waals surface area contributed by atoms with Crippen LogP contribution in [0.2, 0.25) is 0 Å². The SMILES string of the molecule is Cc1nn(-c2ccc([N+](=O)[O-])cc2)c(C)c1/C=N/Nc1c2ccccc2nc2ccccc12. The summed E-state index contributed by atoms with van der Waals surface area (Å²) in [6.07, 6.45) is 1.75. The van der Waals surface area contributed by atoms with Crippen molar-refractivity contribution in [2.45, 2.75) is 13.8 Å². The van der Waals surface area contributed by atoms with E-state index in [-0.39, 0.29) is 5.69 Å². The van der Waals surface area contributed by atoms with Gasteiger partial charge in [-0.3, -0.25) is 15.5 Å². The molecule has 0 unspecified atom stereocenters. The summed E-state index contributed by atoms with van der Waals surface area (Å²) >= 11 is 0. The number of aromatic nitrogens is 3. The summed E-state index contributed by atoms with van der Waals surface area (Å²) in [5.41, 5.74) is 9.27. The van der Waals surface area contributed by atoms with E-state index < -0.39 is 4.92 Å². The minimum absolute atomic E-state index is 0.0445. The highest BCUT2D eigenvalue weighted by atomic mass is 16.6. The molecule has 0 amide bonds. The number of pyridine rings is 1. The number of hydrogen-bond donors (Lipinski definition) is 1. The fourth-order valence-corrected chi connectivity index (χ4v) is 3.93. The Morgan fingerprint density at radius 3 is 2.15 bits per heavy atom. The minimum atomic E-state index is -0.415. The lowest BCUT2D eigenvalue weighted by molar-refractivity contribution is -0.384. The van der Waals surface area contributed by atoms with Gasteiger partial charge in [-0.25, -0.2) is 9.67 Å². The third-order valence-corrected chi connectivity index (χ3v) is 5.61. The lowest BCUT2D eigenvalue weighted by Gasteiger charge is -2.10. The molecule has 0 aliphatic rings. The van der Waals surface area contributed by atoms with Gasteiger partial charge < -0.3 is 0 Å². The van der Waals surface area contributed by atoms with Crippen molar-refractivity contribution in [3.8, 4) is 5.69 Å². The number of hydrazone groups is 1. The molecule has 5 aromatic rings. The molecule has 0 saturated carbocycles. The van der Waals surface area contributed by atoms with Crippen LogP contribution in [-0.2, 0) is 0 Å². The van der Waals surface area contributed by atoms with Crippen molar-refractivity contribution >= 4 is 39.4 Å². The fourth-order valence-electron chi connectivity index (χ4n) is 3.93. The third kappa shape index (κ3) is 3.67. The number of benzene rings is 3. The first-order chi connectivity index (χ1) is 16.0. The molecule has 2 heterocycles. The lowest BCUT2D eigenvalue weighted by Crippen LogP contribution is -2.00. The lowest BCUT2D eigenvalue weighted by atomic mass is 10.1. The number of rotatable bonds is 5. The number of para-hydroxylation sites is 2. The van der Waals surface area contributed by atoms with Crippen LogP contribution in [0.3, 0.4) is 0 Å². The van der Waals surface area contributed by atoms with Crippen molar-refractivity contribution < 1.29 is 4.92 Å². The van der Waals surface area contributed by atoms with Crippen molar-refractivity contribution in [3.05, 3.63) is 99.9 Å². The van der Waals surface area contributed by atoms with Crippen molar-refractivity contribution in [2.24, 2.45) is 5.10 Å². The monoisotopic (exact) mass is 436 g/mol. The van der Waals surface area contributed by atoms with Gasteiger partial charge in [-0.15, -0.1) is 0 Å². The van der Waals surface area contributed by atoms with Crippen molar-refractivity contribution in [2.75, 3.05) is 5.43 Å². The summed E-state index contributed by atoms with van der Waals surface area (Å²) in [4.78, 5) is 15.3. The number of aryl methyl sites for hydroxylation is 1. The Labute approximate surface area is 189 Å². The molecule has 0 spiro atoms. The van der Waals surface area contributed by atoms with Gasteiger partial charge in [0.05, 0.1) is 44.9 Å². The average Bonchev–Trinajstić information content (AvgIpc) is 3.12. The fraction of sp³-hybridized carbons (Fsp3) is 0.0800. The molecular weight excluding hydrogens is 416 g/mol. The van der Waals surface area contributed by atoms with Crippen molar-refractivity contribution in [1.29, 1.82) is 0 Å². The van der Waals surface area contributed by atoms with E-state index >= 15 is 0 Å². The molecule has 0 aliphatic carbocycles. The molecule has 2 aromatic heterocycles. The van der Waals surface area contributed by atoms with Crippen molar-refractivity contribution in [1.82, 2.24) is 14.8 Å². The number of non-ortho nitro benzene ring substituents is 1. The van der Waals surface area contributed by atoms with Crippen molar-refractivity contribution in [3.63, 3.8) is 0 Å². The van der Waals surface area contributed by atoms with Crippen LogP contribution in [0.1, 0.15) is 17.0 Å². The van der Waals surface area contributed by atoms with Gasteiger partial charge in [0.25, 0.3) is 5.69 Å². The van der Waals surface area contributed by atoms with Gasteiger partial charge in [0.1, 0.15) is 0 Å². The zero-order valence-corrected chi connectivity index (χ0v) is 18.1. The number of nitro groups is 1. The Kier molecular flexibility index (Phi) is 5.02. The van der Waals surface area contributed by atoms with Crippen LogP contribution in [0, 0.1) is 24.0 Å². The summed E-state index contributed by atoms with van der Waals surface area (Å²) in [5, 5.41) is 22.0. The van der Waals surface area contributed by atoms with Gasteiger partial charge in [-0.2, -0.15) is 10.2 Å². The first-order valence-corrected chi connectivity index (χ1v) is 10.4. The second-order valence-electron chi connectivity index (χ2n) is 7.66. The normalized spacial score (nSPS) is 11.5. The zero-order valence-electron chi connectivity index (χ0n) is 18.1. The van der Waals surface area contributed by atoms with Crippen LogP contribution >= 0.6 is 0 Å². The Morgan fingerprint density at radius 2 is 1.55 bits per heavy atom. The average molecular weight is 436 g/mol. The Balaban J connectivity index is 1.50. The molecule has 5 rings (SSSR count). The minimum Gasteiger partial charge on any atom is -0.277 e. The molecule has 0 fully saturated rings. The highest BCUT2D eigenvalue weighted by Crippen LogP contribution is 2.30. The molecule has 162 valence electrons. The largest absolute Gasteiger partial charge is 0.277 e. The number of nitro benzene ring substituents is 1. The Morgan fingerprint density at radius 1 is 0.939 bits per heavy atom. The molecule has 0 radical (unpaired) electrons. The molecule has 0 aliphatic heterocycles. The second-order valence-corrected chi connectivity index (χ2v) is 7.66. The molecule has 8 nitrogen and oxygen atoms in total. The van der Waals surface area contributed by atoms with Gasteiger partial charge in [0.15, 0.2) is 0 Å². The number of fused-ring (bicyclic) bond motifs is 2. The first kappa shape index (κ1) is 20.3. The standard InChI is InChI=1S/C25H20N6O2/c1-16-22(17(2)30(29-16)18-11-13-19(14-12-18)31(32)33)15-26-28-25-20-7-3-5-9-23(20)27-24-10-6-4-8-21(24)25/h3-15H,1-2H3,(H,27,28)/b26-15+. The van der Waals surface area contributed by atoms with Crippen LogP contribution in [0.4, 0.5) is 11.4 Å². The summed E-state index contributed by atoms with van der Waals surface area (Å²) in [5.74, 6) is 0. The molecule has 0 atom stereocenters. The maximum absolute atomic E-state index is 10.9. The predicted octanol–water partition coefficient (Wildman–Crippen LogP) is 5.54. The summed E-state index contributed by atoms with van der Waals surface area (Å²) in [6.45, 7) is 3.85. The predicted molar refractivity (Wildman–Crippen MR) is 130 cm³/mol. The van der Waals surface area contributed by atoms with Crippen LogP contribution < -0.4 is 5.43 Å². The molecular formula is C25H20N6O2. The van der Waals surface area contributed by atoms with Gasteiger partial charge in [-0.05, 0) is 38.1 Å². The number of anilines is 1. The third-order valence-electron chi connectivity index (χ3n) is 5.61. The van der Waals surface area contributed by atoms with E-state index in [2.05, 4.69) is 15.6 Å². The van der Waals surface area contributed by atoms with E-state index in [9.17, 15) is 10.1 Å². The van der Waals surface area contributed by atoms with Crippen LogP contribution in [-0.4, -0.2) is 25.9 Å². The van der Waals surface area contributed by atoms with Crippen LogP contribution in [0.15, 0.2) is 77.9 Å². The Bertz CT molecular complexity index is 1480. The topological polar surface area (TPSA) is 98.2 Å². The van der Waals surface area contributed by atoms with E-state index in [0.29, 0.717) is 0 Å². The van der Waals surface area contributed by atoms with Gasteiger partial charge in [-0.1, -0.05) is 36.4 Å². The molecule has 3 aromatic carbocycles. The Hall–Kier alpha value is -4.59. The second kappa shape index (κ2) is 8.16. The van der Waals surface area contributed by atoms with E-state index in [4.69, 9.17) is 4.98 Å². The van der Waals surface area contributed by atoms with E-state index in [1.165, 1.54) is 12.1 Å². The first-order valence-electron chi connectivity index (χ1n) is 10.4. The van der Waals surface area contributed by atoms with E-state index in [1.54, 1.807) is 23.0 Å². The number of hydrogen-bond acceptors (Lipinski definition) is 6. The van der Waals surface area contributed by atoms with Gasteiger partial charge in [0, 0.05) is 28.5 Å². The number of nitrogens with one attached hydrogen (secondary N) is 1. The maximum Gasteiger partial charge on any atom is 0.269 e. The van der Waals surface area contributed by atoms with Gasteiger partial charge >= 0.3 is 0 Å². The van der Waals surface area contributed by atoms with Crippen LogP contribution in [0.5, 0.6) is 0 Å². The quantitative estimate of drug-likeness (QED) is 0.169. The molecule has 8 heteroatoms. The molecule has 0 saturated heterocycles. The maximum atomic E-state index is 10.9. The highest BCUT2D eigenvalue weighted by Gasteiger charge is 2.13. The zero-order chi connectivity index (χ0) is 22.9.